The van der Waals surface area contributed by atoms with E-state index in [1.807, 2.05) is 0 Å². The van der Waals surface area contributed by atoms with Crippen LogP contribution in [0.4, 0.5) is 0 Å². The molecule has 0 amide bonds. The molecule has 0 radical (unpaired) electrons. The molecule has 5 aliphatic rings. The largest absolute Gasteiger partial charge is 0.504 e. The van der Waals surface area contributed by atoms with Gasteiger partial charge in [0, 0.05) is 45.5 Å². The average molecular weight is 1870 g/mol. The van der Waals surface area contributed by atoms with Crippen molar-refractivity contribution in [3.8, 4) is 212 Å². The van der Waals surface area contributed by atoms with Crippen LogP contribution in [0.5, 0.6) is 178 Å². The summed E-state index contributed by atoms with van der Waals surface area (Å²) >= 11 is 0. The number of phenols is 29. The van der Waals surface area contributed by atoms with Crippen molar-refractivity contribution < 1.29 is 258 Å². The molecule has 2 saturated heterocycles. The molecule has 7 unspecified atom stereocenters. The molecule has 0 saturated carbocycles. The molecule has 2 bridgehead atoms. The Kier molecular flexibility index (Phi) is 22.0. The van der Waals surface area contributed by atoms with Gasteiger partial charge >= 0.3 is 59.7 Å². The molecular weight excluding hydrogens is 1820 g/mol. The van der Waals surface area contributed by atoms with Gasteiger partial charge in [-0.1, -0.05) is 0 Å². The van der Waals surface area contributed by atoms with Gasteiger partial charge in [0.05, 0.1) is 44.5 Å². The van der Waals surface area contributed by atoms with E-state index in [4.69, 9.17) is 61.6 Å². The first kappa shape index (κ1) is 89.6. The molecule has 29 N–H and O–H groups in total. The maximum absolute atomic E-state index is 16.0. The highest BCUT2D eigenvalue weighted by Crippen LogP contribution is 2.60. The van der Waals surface area contributed by atoms with Crippen LogP contribution in [-0.2, 0) is 56.8 Å². The van der Waals surface area contributed by atoms with E-state index in [-0.39, 0.29) is 36.4 Å². The molecule has 52 nitrogen and oxygen atoms in total. The Labute approximate surface area is 735 Å². The number of ether oxygens (including phenoxy) is 13. The lowest BCUT2D eigenvalue weighted by Gasteiger charge is -2.44. The van der Waals surface area contributed by atoms with Gasteiger partial charge in [-0.2, -0.15) is 0 Å². The number of aromatic hydroxyl groups is 29. The Bertz CT molecular complexity index is 6800. The number of hydrogen-bond donors (Lipinski definition) is 29. The van der Waals surface area contributed by atoms with Gasteiger partial charge in [-0.05, 0) is 66.7 Å². The second-order valence-corrected chi connectivity index (χ2v) is 29.0. The van der Waals surface area contributed by atoms with Crippen LogP contribution in [0, 0.1) is 0 Å². The smallest absolute Gasteiger partial charge is 0.342 e. The van der Waals surface area contributed by atoms with Crippen LogP contribution < -0.4 is 4.74 Å². The standard InChI is InChI=1S/C82H56O52/c83-27-1-16(2-28(84)48(27)96)71(112)122-14-39-66(68-69(81(125-39)133-72(113)17-3-29(85)49(97)30(86)4-17)131-77(118)23-11-36(92)54(102)61(109)45(23)44-22(76(117)129-68)10-35(91)53(101)60(44)108)128-80(121)26-12-37(93)55(103)63(111)64(26)124-38-13-24-41(57(105)56(38)104)19-7-25(47(95)62(110)46(19)94)79(120)132-70-67(130-78(24)119)65-40(126-82(70)134-73(114)18-5-31(87)50(98)32(88)6-18)15-123-74(115)20-8-33(89)51(99)58(106)42(20)43-21(75(116)127-65)9-34(90)52(100)59(43)107/h1-13,39-40,65-70,81-111H,14-15H2/t39-,40?,65?,66?,67-,68?,69?,70+,81?,82?/m1/s1. The van der Waals surface area contributed by atoms with E-state index < -0.39 is 402 Å². The molecule has 5 heterocycles. The van der Waals surface area contributed by atoms with Crippen molar-refractivity contribution in [2.75, 3.05) is 13.2 Å². The van der Waals surface area contributed by atoms with Crippen molar-refractivity contribution >= 4 is 59.7 Å². The van der Waals surface area contributed by atoms with Crippen LogP contribution in [0.3, 0.4) is 0 Å². The highest BCUT2D eigenvalue weighted by atomic mass is 16.8. The molecule has 696 valence electrons. The van der Waals surface area contributed by atoms with Crippen LogP contribution in [-0.4, -0.2) is 282 Å². The molecule has 10 aromatic rings. The minimum absolute atomic E-state index is 0.0567. The quantitative estimate of drug-likeness (QED) is 0.0498. The van der Waals surface area contributed by atoms with Gasteiger partial charge in [0.25, 0.3) is 0 Å². The summed E-state index contributed by atoms with van der Waals surface area (Å²) in [4.78, 5) is 149. The summed E-state index contributed by atoms with van der Waals surface area (Å²) < 4.78 is 74.6. The topological polar surface area (TPSA) is 877 Å². The second kappa shape index (κ2) is 32.9. The predicted molar refractivity (Wildman–Crippen MR) is 414 cm³/mol. The normalized spacial score (nSPS) is 19.5. The zero-order chi connectivity index (χ0) is 97.5. The molecule has 134 heavy (non-hydrogen) atoms. The summed E-state index contributed by atoms with van der Waals surface area (Å²) in [6.07, 6.45) is -28.9. The van der Waals surface area contributed by atoms with E-state index in [2.05, 4.69) is 0 Å². The van der Waals surface area contributed by atoms with Gasteiger partial charge in [0.2, 0.25) is 70.8 Å². The first-order valence-corrected chi connectivity index (χ1v) is 37.1. The number of hydrogen-bond acceptors (Lipinski definition) is 52. The van der Waals surface area contributed by atoms with Gasteiger partial charge in [-0.15, -0.1) is 0 Å². The first-order valence-electron chi connectivity index (χ1n) is 37.1. The molecule has 52 heteroatoms. The Hall–Kier alpha value is -19.2. The van der Waals surface area contributed by atoms with Gasteiger partial charge < -0.3 is 210 Å². The highest BCUT2D eigenvalue weighted by molar-refractivity contribution is 6.11. The summed E-state index contributed by atoms with van der Waals surface area (Å²) in [5.41, 5.74) is -20.8. The maximum Gasteiger partial charge on any atom is 0.342 e. The lowest BCUT2D eigenvalue weighted by Crippen LogP contribution is -2.63. The molecule has 0 aromatic heterocycles. The van der Waals surface area contributed by atoms with Crippen molar-refractivity contribution in [3.05, 3.63) is 134 Å². The number of cyclic esters (lactones) is 1. The number of fused-ring (bicyclic) bond motifs is 14. The fourth-order valence-electron chi connectivity index (χ4n) is 14.5. The van der Waals surface area contributed by atoms with E-state index in [0.717, 1.165) is 0 Å². The van der Waals surface area contributed by atoms with Crippen LogP contribution in [0.15, 0.2) is 78.9 Å². The SMILES string of the molecule is O=C(OC[C@H]1OC(OC(=O)c2cc(O)c(O)c(O)c2)C2OC(=O)c3cc(O)c(O)c(O)c3-c3c(cc(O)c(O)c3O)C(=O)OC2C1OC(=O)c1cc(O)c(O)c(O)c1Oc1cc2c(c(O)c1O)-c1cc(c(O)c(O)c1O)C(=O)O[C@@H]1C(OC(=O)c3cc(O)c(O)c(O)c3)OC3COC(=O)c4cc(O)c(O)c(O)c4-c4c(cc(O)c(O)c4O)C(=O)OC3[C@H]1OC2=O)c1cc(O)c(O)c(O)c1. The minimum Gasteiger partial charge on any atom is -0.504 e. The fraction of sp³-hybridized carbons (Fsp3) is 0.146. The van der Waals surface area contributed by atoms with E-state index in [1.165, 1.54) is 0 Å². The van der Waals surface area contributed by atoms with Crippen LogP contribution in [0.1, 0.15) is 104 Å². The van der Waals surface area contributed by atoms with Crippen LogP contribution in [0.25, 0.3) is 33.4 Å². The zero-order valence-electron chi connectivity index (χ0n) is 65.6. The first-order chi connectivity index (χ1) is 63.1. The Balaban J connectivity index is 0.894. The Morgan fingerprint density at radius 1 is 0.276 bits per heavy atom. The Morgan fingerprint density at radius 2 is 0.612 bits per heavy atom. The lowest BCUT2D eigenvalue weighted by molar-refractivity contribution is -0.283. The molecule has 10 atom stereocenters. The van der Waals surface area contributed by atoms with Crippen LogP contribution in [0.2, 0.25) is 0 Å². The third-order valence-corrected chi connectivity index (χ3v) is 21.0. The van der Waals surface area contributed by atoms with Gasteiger partial charge in [0.15, 0.2) is 157 Å². The molecule has 0 spiro atoms. The number of phenolic OH excluding ortho intramolecular Hbond substituents is 29. The number of carbonyl (C=O) groups excluding carboxylic acids is 10. The zero-order valence-corrected chi connectivity index (χ0v) is 65.6. The second-order valence-electron chi connectivity index (χ2n) is 29.0. The average Bonchev–Trinajstić information content (AvgIpc) is 1.39. The van der Waals surface area contributed by atoms with E-state index in [0.29, 0.717) is 42.5 Å². The van der Waals surface area contributed by atoms with E-state index in [9.17, 15) is 172 Å². The number of carbonyl (C=O) groups is 10. The summed E-state index contributed by atoms with van der Waals surface area (Å²) in [7, 11) is 0. The maximum atomic E-state index is 16.0. The monoisotopic (exact) mass is 1870 g/mol. The molecule has 0 aliphatic carbocycles. The Morgan fingerprint density at radius 3 is 1.05 bits per heavy atom. The third kappa shape index (κ3) is 15.0. The van der Waals surface area contributed by atoms with Crippen molar-refractivity contribution in [2.45, 2.75) is 61.4 Å². The van der Waals surface area contributed by atoms with Crippen molar-refractivity contribution in [2.24, 2.45) is 0 Å². The molecule has 10 aromatic carbocycles. The fourth-order valence-corrected chi connectivity index (χ4v) is 14.5. The summed E-state index contributed by atoms with van der Waals surface area (Å²) in [5.74, 6) is -68.2. The van der Waals surface area contributed by atoms with Crippen molar-refractivity contribution in [1.29, 1.82) is 0 Å². The summed E-state index contributed by atoms with van der Waals surface area (Å²) in [5, 5.41) is 320. The number of rotatable bonds is 11. The minimum atomic E-state index is -3.03. The van der Waals surface area contributed by atoms with Gasteiger partial charge in [-0.25, -0.2) is 47.9 Å². The molecular formula is C82H56O52. The number of benzene rings is 10. The van der Waals surface area contributed by atoms with Crippen molar-refractivity contribution in [3.63, 3.8) is 0 Å². The molecule has 15 rings (SSSR count). The summed E-state index contributed by atoms with van der Waals surface area (Å²) in [6, 6.07) is 4.02. The molecule has 2 fully saturated rings. The van der Waals surface area contributed by atoms with Gasteiger partial charge in [0.1, 0.15) is 36.5 Å². The third-order valence-electron chi connectivity index (χ3n) is 21.0. The van der Waals surface area contributed by atoms with Gasteiger partial charge in [-0.3, -0.25) is 0 Å². The van der Waals surface area contributed by atoms with E-state index in [1.54, 1.807) is 0 Å². The predicted octanol–water partition coefficient (Wildman–Crippen LogP) is 3.71. The number of esters is 10. The lowest BCUT2D eigenvalue weighted by atomic mass is 9.91. The summed E-state index contributed by atoms with van der Waals surface area (Å²) in [6.45, 7) is -3.21. The molecule has 5 aliphatic heterocycles. The van der Waals surface area contributed by atoms with Crippen LogP contribution >= 0.6 is 0 Å². The highest BCUT2D eigenvalue weighted by Gasteiger charge is 2.59. The van der Waals surface area contributed by atoms with E-state index >= 15 is 24.0 Å². The van der Waals surface area contributed by atoms with Crippen molar-refractivity contribution in [1.82, 2.24) is 0 Å².